The molecule has 2 heterocycles. The van der Waals surface area contributed by atoms with E-state index in [0.717, 1.165) is 49.9 Å². The molecule has 1 aliphatic heterocycles. The van der Waals surface area contributed by atoms with Gasteiger partial charge in [-0.05, 0) is 57.2 Å². The van der Waals surface area contributed by atoms with Crippen LogP contribution in [-0.2, 0) is 0 Å². The van der Waals surface area contributed by atoms with E-state index in [-0.39, 0.29) is 29.5 Å². The highest BCUT2D eigenvalue weighted by Gasteiger charge is 2.22. The van der Waals surface area contributed by atoms with Gasteiger partial charge in [0.15, 0.2) is 0 Å². The van der Waals surface area contributed by atoms with Crippen LogP contribution in [0.4, 0.5) is 4.39 Å². The van der Waals surface area contributed by atoms with Crippen LogP contribution in [0.25, 0.3) is 0 Å². The van der Waals surface area contributed by atoms with Gasteiger partial charge in [-0.2, -0.15) is 0 Å². The minimum Gasteiger partial charge on any atom is -0.469 e. The van der Waals surface area contributed by atoms with Crippen molar-refractivity contribution in [2.75, 3.05) is 19.3 Å². The smallest absolute Gasteiger partial charge is 0.257 e. The molecule has 0 aromatic carbocycles. The number of piperidine rings is 1. The average Bonchev–Trinajstić information content (AvgIpc) is 2.89. The normalized spacial score (nSPS) is 21.0. The molecule has 1 aliphatic carbocycles. The van der Waals surface area contributed by atoms with Gasteiger partial charge in [0, 0.05) is 10.9 Å². The summed E-state index contributed by atoms with van der Waals surface area (Å²) in [6, 6.07) is 1.29. The van der Waals surface area contributed by atoms with Crippen LogP contribution in [0.1, 0.15) is 36.0 Å². The van der Waals surface area contributed by atoms with Crippen molar-refractivity contribution in [3.05, 3.63) is 46.8 Å². The van der Waals surface area contributed by atoms with Crippen LogP contribution >= 0.6 is 11.8 Å². The summed E-state index contributed by atoms with van der Waals surface area (Å²) in [5, 5.41) is 6.23. The summed E-state index contributed by atoms with van der Waals surface area (Å²) in [5.74, 6) is -0.697. The first kappa shape index (κ1) is 18.9. The summed E-state index contributed by atoms with van der Waals surface area (Å²) in [4.78, 5) is 17.8. The zero-order valence-corrected chi connectivity index (χ0v) is 15.7. The molecule has 1 amide bonds. The molecule has 1 fully saturated rings. The summed E-state index contributed by atoms with van der Waals surface area (Å²) in [5.41, 5.74) is 0.153. The summed E-state index contributed by atoms with van der Waals surface area (Å²) >= 11 is 1.64. The number of halogens is 1. The minimum absolute atomic E-state index is 0.0879. The van der Waals surface area contributed by atoms with Gasteiger partial charge in [0.25, 0.3) is 5.91 Å². The van der Waals surface area contributed by atoms with E-state index in [1.807, 2.05) is 12.3 Å². The van der Waals surface area contributed by atoms with Gasteiger partial charge < -0.3 is 15.4 Å². The Hall–Kier alpha value is -1.86. The van der Waals surface area contributed by atoms with Gasteiger partial charge >= 0.3 is 0 Å². The summed E-state index contributed by atoms with van der Waals surface area (Å²) in [6.45, 7) is 1.74. The van der Waals surface area contributed by atoms with Crippen molar-refractivity contribution >= 4 is 17.7 Å². The lowest BCUT2D eigenvalue weighted by Gasteiger charge is -2.24. The molecule has 0 radical (unpaired) electrons. The Morgan fingerprint density at radius 1 is 1.38 bits per heavy atom. The number of allylic oxidation sites excluding steroid dienone is 2. The van der Waals surface area contributed by atoms with Gasteiger partial charge in [0.1, 0.15) is 17.5 Å². The standard InChI is InChI=1S/C19H24FN3O2S/c1-26-16-5-3-2-4-15(11-16)25-19-17(10-13(20)12-22-19)18(24)23-14-6-8-21-9-7-14/h3,5,10-12,14-15,21H,2,4,6-9H2,1H3,(H,23,24). The fourth-order valence-electron chi connectivity index (χ4n) is 3.07. The molecule has 1 atom stereocenters. The average molecular weight is 377 g/mol. The topological polar surface area (TPSA) is 63.2 Å². The highest BCUT2D eigenvalue weighted by Crippen LogP contribution is 2.24. The predicted octanol–water partition coefficient (Wildman–Crippen LogP) is 3.05. The SMILES string of the molecule is CSC1=CC(Oc2ncc(F)cc2C(=O)NC2CCNCC2)CCC=C1. The highest BCUT2D eigenvalue weighted by molar-refractivity contribution is 8.02. The molecule has 0 saturated carbocycles. The molecule has 1 aromatic rings. The number of nitrogens with one attached hydrogen (secondary N) is 2. The first-order chi connectivity index (χ1) is 12.7. The number of amides is 1. The molecular weight excluding hydrogens is 353 g/mol. The molecule has 1 aromatic heterocycles. The largest absolute Gasteiger partial charge is 0.469 e. The van der Waals surface area contributed by atoms with Crippen molar-refractivity contribution in [3.63, 3.8) is 0 Å². The van der Waals surface area contributed by atoms with Crippen LogP contribution in [0.5, 0.6) is 5.88 Å². The quantitative estimate of drug-likeness (QED) is 0.826. The summed E-state index contributed by atoms with van der Waals surface area (Å²) in [6.07, 6.45) is 12.5. The fourth-order valence-corrected chi connectivity index (χ4v) is 3.59. The first-order valence-electron chi connectivity index (χ1n) is 8.92. The molecule has 7 heteroatoms. The number of nitrogens with zero attached hydrogens (tertiary/aromatic N) is 1. The number of aromatic nitrogens is 1. The molecule has 0 bridgehead atoms. The van der Waals surface area contributed by atoms with E-state index in [0.29, 0.717) is 0 Å². The molecule has 140 valence electrons. The van der Waals surface area contributed by atoms with Crippen molar-refractivity contribution < 1.29 is 13.9 Å². The Bertz CT molecular complexity index is 702. The molecule has 5 nitrogen and oxygen atoms in total. The van der Waals surface area contributed by atoms with E-state index < -0.39 is 5.82 Å². The van der Waals surface area contributed by atoms with Crippen LogP contribution in [-0.4, -0.2) is 42.4 Å². The number of carbonyl (C=O) groups is 1. The van der Waals surface area contributed by atoms with E-state index in [1.54, 1.807) is 11.8 Å². The van der Waals surface area contributed by atoms with Crippen LogP contribution in [0.2, 0.25) is 0 Å². The number of rotatable bonds is 5. The van der Waals surface area contributed by atoms with E-state index >= 15 is 0 Å². The zero-order valence-electron chi connectivity index (χ0n) is 14.8. The number of thioether (sulfide) groups is 1. The Labute approximate surface area is 157 Å². The van der Waals surface area contributed by atoms with Gasteiger partial charge in [0.05, 0.1) is 6.20 Å². The zero-order chi connectivity index (χ0) is 18.4. The van der Waals surface area contributed by atoms with Gasteiger partial charge in [0.2, 0.25) is 5.88 Å². The lowest BCUT2D eigenvalue weighted by atomic mass is 10.1. The molecule has 3 rings (SSSR count). The Balaban J connectivity index is 1.76. The lowest BCUT2D eigenvalue weighted by Crippen LogP contribution is -2.42. The van der Waals surface area contributed by atoms with Gasteiger partial charge in [-0.3, -0.25) is 4.79 Å². The summed E-state index contributed by atoms with van der Waals surface area (Å²) in [7, 11) is 0. The maximum atomic E-state index is 13.7. The van der Waals surface area contributed by atoms with E-state index in [1.165, 1.54) is 6.07 Å². The highest BCUT2D eigenvalue weighted by atomic mass is 32.2. The van der Waals surface area contributed by atoms with Crippen LogP contribution in [0.15, 0.2) is 35.4 Å². The van der Waals surface area contributed by atoms with Gasteiger partial charge in [-0.15, -0.1) is 11.8 Å². The molecular formula is C19H24FN3O2S. The third-order valence-corrected chi connectivity index (χ3v) is 5.23. The van der Waals surface area contributed by atoms with Crippen molar-refractivity contribution in [2.45, 2.75) is 37.8 Å². The van der Waals surface area contributed by atoms with E-state index in [4.69, 9.17) is 4.74 Å². The van der Waals surface area contributed by atoms with Crippen molar-refractivity contribution in [1.29, 1.82) is 0 Å². The van der Waals surface area contributed by atoms with E-state index in [2.05, 4.69) is 27.8 Å². The number of hydrogen-bond acceptors (Lipinski definition) is 5. The molecule has 26 heavy (non-hydrogen) atoms. The number of ether oxygens (including phenoxy) is 1. The number of hydrogen-bond donors (Lipinski definition) is 2. The molecule has 2 N–H and O–H groups in total. The summed E-state index contributed by atoms with van der Waals surface area (Å²) < 4.78 is 19.7. The monoisotopic (exact) mass is 377 g/mol. The fraction of sp³-hybridized carbons (Fsp3) is 0.474. The van der Waals surface area contributed by atoms with Gasteiger partial charge in [-0.1, -0.05) is 12.2 Å². The van der Waals surface area contributed by atoms with E-state index in [9.17, 15) is 9.18 Å². The molecule has 0 spiro atoms. The number of pyridine rings is 1. The second kappa shape index (κ2) is 9.19. The Kier molecular flexibility index (Phi) is 6.68. The van der Waals surface area contributed by atoms with Crippen molar-refractivity contribution in [2.24, 2.45) is 0 Å². The Morgan fingerprint density at radius 3 is 2.96 bits per heavy atom. The van der Waals surface area contributed by atoms with Crippen LogP contribution in [0.3, 0.4) is 0 Å². The lowest BCUT2D eigenvalue weighted by molar-refractivity contribution is 0.0921. The molecule has 1 unspecified atom stereocenters. The maximum Gasteiger partial charge on any atom is 0.257 e. The predicted molar refractivity (Wildman–Crippen MR) is 102 cm³/mol. The number of carbonyl (C=O) groups excluding carboxylic acids is 1. The minimum atomic E-state index is -0.546. The second-order valence-electron chi connectivity index (χ2n) is 6.41. The van der Waals surface area contributed by atoms with Crippen molar-refractivity contribution in [1.82, 2.24) is 15.6 Å². The first-order valence-corrected chi connectivity index (χ1v) is 10.1. The third kappa shape index (κ3) is 5.08. The van der Waals surface area contributed by atoms with Crippen LogP contribution < -0.4 is 15.4 Å². The maximum absolute atomic E-state index is 13.7. The Morgan fingerprint density at radius 2 is 2.19 bits per heavy atom. The van der Waals surface area contributed by atoms with Crippen molar-refractivity contribution in [3.8, 4) is 5.88 Å². The molecule has 1 saturated heterocycles. The van der Waals surface area contributed by atoms with Gasteiger partial charge in [-0.25, -0.2) is 9.37 Å². The molecule has 2 aliphatic rings. The third-order valence-electron chi connectivity index (χ3n) is 4.49. The van der Waals surface area contributed by atoms with Crippen LogP contribution in [0, 0.1) is 5.82 Å². The second-order valence-corrected chi connectivity index (χ2v) is 7.29.